The van der Waals surface area contributed by atoms with Gasteiger partial charge in [0, 0.05) is 20.2 Å². The number of nitrogens with zero attached hydrogens (tertiary/aromatic N) is 2. The third-order valence-electron chi connectivity index (χ3n) is 3.64. The van der Waals surface area contributed by atoms with E-state index in [1.807, 2.05) is 0 Å². The van der Waals surface area contributed by atoms with Crippen molar-refractivity contribution in [3.8, 4) is 0 Å². The molecule has 0 radical (unpaired) electrons. The molecule has 0 spiro atoms. The molecule has 0 bridgehead atoms. The van der Waals surface area contributed by atoms with E-state index in [2.05, 4.69) is 5.32 Å². The van der Waals surface area contributed by atoms with Crippen LogP contribution in [0.5, 0.6) is 0 Å². The molecular formula is C15H29N3O8P2. The molecule has 0 unspecified atom stereocenters. The predicted molar refractivity (Wildman–Crippen MR) is 106 cm³/mol. The fourth-order valence-electron chi connectivity index (χ4n) is 2.41. The van der Waals surface area contributed by atoms with Crippen molar-refractivity contribution in [3.63, 3.8) is 0 Å². The molecular weight excluding hydrogens is 412 g/mol. The van der Waals surface area contributed by atoms with Crippen molar-refractivity contribution in [1.82, 2.24) is 9.13 Å². The van der Waals surface area contributed by atoms with E-state index in [-0.39, 0.29) is 32.2 Å². The minimum absolute atomic E-state index is 0.00317. The van der Waals surface area contributed by atoms with Gasteiger partial charge in [-0.1, -0.05) is 0 Å². The maximum absolute atomic E-state index is 13.5. The smallest absolute Gasteiger partial charge is 0.348 e. The van der Waals surface area contributed by atoms with Crippen molar-refractivity contribution >= 4 is 21.0 Å². The molecule has 0 aliphatic rings. The maximum Gasteiger partial charge on any atom is 0.365 e. The van der Waals surface area contributed by atoms with Gasteiger partial charge in [-0.25, -0.2) is 4.79 Å². The van der Waals surface area contributed by atoms with E-state index in [1.54, 1.807) is 27.7 Å². The fraction of sp³-hybridized carbons (Fsp3) is 0.733. The highest BCUT2D eigenvalue weighted by molar-refractivity contribution is 7.72. The molecule has 13 heteroatoms. The first kappa shape index (κ1) is 24.8. The largest absolute Gasteiger partial charge is 0.365 e. The second-order valence-corrected chi connectivity index (χ2v) is 10.2. The van der Waals surface area contributed by atoms with Gasteiger partial charge >= 0.3 is 20.9 Å². The van der Waals surface area contributed by atoms with E-state index in [0.717, 1.165) is 15.2 Å². The van der Waals surface area contributed by atoms with Crippen molar-refractivity contribution in [2.45, 2.75) is 33.2 Å². The van der Waals surface area contributed by atoms with Gasteiger partial charge < -0.3 is 23.4 Å². The van der Waals surface area contributed by atoms with E-state index in [4.69, 9.17) is 18.1 Å². The van der Waals surface area contributed by atoms with Gasteiger partial charge in [0.05, 0.1) is 26.4 Å². The van der Waals surface area contributed by atoms with Gasteiger partial charge in [0.25, 0.3) is 5.56 Å². The lowest BCUT2D eigenvalue weighted by Gasteiger charge is -2.32. The Morgan fingerprint density at radius 3 is 1.61 bits per heavy atom. The normalized spacial score (nSPS) is 12.5. The summed E-state index contributed by atoms with van der Waals surface area (Å²) < 4.78 is 50.3. The van der Waals surface area contributed by atoms with E-state index >= 15 is 0 Å². The van der Waals surface area contributed by atoms with Crippen LogP contribution in [0.15, 0.2) is 15.7 Å². The molecule has 0 aliphatic heterocycles. The van der Waals surface area contributed by atoms with E-state index in [9.17, 15) is 18.7 Å². The van der Waals surface area contributed by atoms with Gasteiger partial charge in [-0.2, -0.15) is 0 Å². The lowest BCUT2D eigenvalue weighted by Crippen LogP contribution is -2.39. The summed E-state index contributed by atoms with van der Waals surface area (Å²) in [5, 5.41) is 2.70. The van der Waals surface area contributed by atoms with Crippen LogP contribution in [0, 0.1) is 0 Å². The average molecular weight is 441 g/mol. The van der Waals surface area contributed by atoms with Gasteiger partial charge in [0.1, 0.15) is 5.82 Å². The van der Waals surface area contributed by atoms with Crippen molar-refractivity contribution in [2.75, 3.05) is 31.7 Å². The third-order valence-corrected chi connectivity index (χ3v) is 9.26. The van der Waals surface area contributed by atoms with Crippen LogP contribution in [0.1, 0.15) is 27.7 Å². The van der Waals surface area contributed by atoms with Crippen molar-refractivity contribution < 1.29 is 27.2 Å². The molecule has 11 nitrogen and oxygen atoms in total. The van der Waals surface area contributed by atoms with Crippen LogP contribution >= 0.6 is 15.2 Å². The molecule has 0 aliphatic carbocycles. The average Bonchev–Trinajstić information content (AvgIpc) is 2.62. The number of rotatable bonds is 12. The summed E-state index contributed by atoms with van der Waals surface area (Å²) >= 11 is 0. The summed E-state index contributed by atoms with van der Waals surface area (Å²) in [6.07, 6.45) is 0. The van der Waals surface area contributed by atoms with Crippen LogP contribution in [0.2, 0.25) is 0 Å². The van der Waals surface area contributed by atoms with Gasteiger partial charge in [-0.15, -0.1) is 0 Å². The molecule has 0 saturated heterocycles. The zero-order valence-electron chi connectivity index (χ0n) is 17.0. The van der Waals surface area contributed by atoms with Gasteiger partial charge in [-0.3, -0.25) is 23.1 Å². The molecule has 1 heterocycles. The zero-order chi connectivity index (χ0) is 21.5. The fourth-order valence-corrected chi connectivity index (χ4v) is 7.33. The monoisotopic (exact) mass is 441 g/mol. The third kappa shape index (κ3) is 5.43. The second-order valence-electron chi connectivity index (χ2n) is 5.54. The SMILES string of the molecule is CCOP(=O)(OCC)C(Nc1cc(=O)n(C)c(=O)n1C)P(=O)(OCC)OCC. The van der Waals surface area contributed by atoms with E-state index in [0.29, 0.717) is 0 Å². The topological polar surface area (TPSA) is 127 Å². The molecule has 1 aromatic rings. The Morgan fingerprint density at radius 2 is 1.25 bits per heavy atom. The lowest BCUT2D eigenvalue weighted by molar-refractivity contribution is 0.198. The first-order chi connectivity index (χ1) is 13.1. The zero-order valence-corrected chi connectivity index (χ0v) is 18.8. The first-order valence-corrected chi connectivity index (χ1v) is 12.1. The number of anilines is 1. The Morgan fingerprint density at radius 1 is 0.857 bits per heavy atom. The van der Waals surface area contributed by atoms with Crippen LogP contribution in [0.4, 0.5) is 5.82 Å². The lowest BCUT2D eigenvalue weighted by atomic mass is 10.5. The molecule has 0 saturated carbocycles. The summed E-state index contributed by atoms with van der Waals surface area (Å²) in [5.41, 5.74) is -2.81. The van der Waals surface area contributed by atoms with Crippen molar-refractivity contribution in [3.05, 3.63) is 26.9 Å². The number of aromatic nitrogens is 2. The molecule has 28 heavy (non-hydrogen) atoms. The predicted octanol–water partition coefficient (Wildman–Crippen LogP) is 2.31. The van der Waals surface area contributed by atoms with Crippen molar-refractivity contribution in [1.29, 1.82) is 0 Å². The van der Waals surface area contributed by atoms with Crippen LogP contribution in [0.3, 0.4) is 0 Å². The Balaban J connectivity index is 3.64. The highest BCUT2D eigenvalue weighted by Gasteiger charge is 2.51. The first-order valence-electron chi connectivity index (χ1n) is 8.91. The summed E-state index contributed by atoms with van der Waals surface area (Å²) in [7, 11) is -5.45. The summed E-state index contributed by atoms with van der Waals surface area (Å²) in [6.45, 7) is 6.41. The Bertz CT molecular complexity index is 816. The van der Waals surface area contributed by atoms with E-state index in [1.165, 1.54) is 14.1 Å². The van der Waals surface area contributed by atoms with Crippen LogP contribution in [0.25, 0.3) is 0 Å². The highest BCUT2D eigenvalue weighted by Crippen LogP contribution is 2.70. The second kappa shape index (κ2) is 10.5. The molecule has 1 rings (SSSR count). The van der Waals surface area contributed by atoms with Gasteiger partial charge in [-0.05, 0) is 27.7 Å². The highest BCUT2D eigenvalue weighted by atomic mass is 31.2. The Kier molecular flexibility index (Phi) is 9.33. The number of nitrogens with one attached hydrogen (secondary N) is 1. The van der Waals surface area contributed by atoms with Crippen LogP contribution in [-0.2, 0) is 41.3 Å². The minimum atomic E-state index is -4.09. The quantitative estimate of drug-likeness (QED) is 0.486. The van der Waals surface area contributed by atoms with E-state index < -0.39 is 32.0 Å². The molecule has 162 valence electrons. The number of hydrogen-bond acceptors (Lipinski definition) is 9. The minimum Gasteiger partial charge on any atom is -0.348 e. The van der Waals surface area contributed by atoms with Crippen LogP contribution in [-0.4, -0.2) is 41.1 Å². The molecule has 0 atom stereocenters. The van der Waals surface area contributed by atoms with Crippen molar-refractivity contribution in [2.24, 2.45) is 14.1 Å². The molecule has 1 aromatic heterocycles. The van der Waals surface area contributed by atoms with Gasteiger partial charge in [0.15, 0.2) is 0 Å². The molecule has 0 fully saturated rings. The Labute approximate surface area is 164 Å². The van der Waals surface area contributed by atoms with Crippen LogP contribution < -0.4 is 16.6 Å². The number of hydrogen-bond donors (Lipinski definition) is 1. The molecule has 0 aromatic carbocycles. The standard InChI is InChI=1S/C15H29N3O8P2/c1-7-23-27(21,24-8-2)14(28(22,25-9-3)26-10-4)16-12-11-13(19)18(6)15(20)17(12)5/h11,14,16H,7-10H2,1-6H3. The molecule has 1 N–H and O–H groups in total. The molecule has 0 amide bonds. The maximum atomic E-state index is 13.5. The van der Waals surface area contributed by atoms with Gasteiger partial charge in [0.2, 0.25) is 5.52 Å². The summed E-state index contributed by atoms with van der Waals surface area (Å²) in [4.78, 5) is 24.3. The summed E-state index contributed by atoms with van der Waals surface area (Å²) in [6, 6.07) is 1.11. The summed E-state index contributed by atoms with van der Waals surface area (Å²) in [5.74, 6) is -0.0302. The Hall–Kier alpha value is -1.22.